The molecule has 0 aliphatic heterocycles. The predicted octanol–water partition coefficient (Wildman–Crippen LogP) is 2.44. The Morgan fingerprint density at radius 2 is 1.69 bits per heavy atom. The van der Waals surface area contributed by atoms with Crippen molar-refractivity contribution in [2.75, 3.05) is 13.7 Å². The molecule has 2 aromatic carbocycles. The number of nitrogens with zero attached hydrogens (tertiary/aromatic N) is 2. The average molecular weight is 415 g/mol. The summed E-state index contributed by atoms with van der Waals surface area (Å²) in [6.07, 6.45) is 1.75. The molecule has 0 fully saturated rings. The number of ether oxygens (including phenoxy) is 2. The summed E-state index contributed by atoms with van der Waals surface area (Å²) in [5.74, 6) is 0.319. The largest absolute Gasteiger partial charge is 0.497 e. The van der Waals surface area contributed by atoms with Crippen LogP contribution in [0.4, 0.5) is 0 Å². The highest BCUT2D eigenvalue weighted by Crippen LogP contribution is 2.32. The summed E-state index contributed by atoms with van der Waals surface area (Å²) in [6, 6.07) is 13.5. The summed E-state index contributed by atoms with van der Waals surface area (Å²) in [5.41, 5.74) is 2.93. The van der Waals surface area contributed by atoms with Gasteiger partial charge in [-0.25, -0.2) is 13.6 Å². The second-order valence-corrected chi connectivity index (χ2v) is 7.75. The summed E-state index contributed by atoms with van der Waals surface area (Å²) in [6.45, 7) is 1.99. The van der Waals surface area contributed by atoms with Crippen molar-refractivity contribution in [3.05, 3.63) is 54.7 Å². The van der Waals surface area contributed by atoms with E-state index in [2.05, 4.69) is 5.10 Å². The van der Waals surface area contributed by atoms with Crippen molar-refractivity contribution in [2.45, 2.75) is 18.4 Å². The van der Waals surface area contributed by atoms with Crippen LogP contribution in [-0.2, 0) is 26.1 Å². The molecule has 1 aromatic heterocycles. The van der Waals surface area contributed by atoms with Gasteiger partial charge in [-0.05, 0) is 36.8 Å². The number of carbonyl (C=O) groups is 1. The second-order valence-electron chi connectivity index (χ2n) is 6.19. The molecule has 152 valence electrons. The maximum absolute atomic E-state index is 11.9. The van der Waals surface area contributed by atoms with Gasteiger partial charge in [0.2, 0.25) is 10.0 Å². The highest BCUT2D eigenvalue weighted by Gasteiger charge is 2.16. The van der Waals surface area contributed by atoms with Gasteiger partial charge in [0.25, 0.3) is 0 Å². The molecule has 0 saturated carbocycles. The predicted molar refractivity (Wildman–Crippen MR) is 108 cm³/mol. The van der Waals surface area contributed by atoms with Gasteiger partial charge < -0.3 is 9.47 Å². The first-order valence-corrected chi connectivity index (χ1v) is 10.4. The highest BCUT2D eigenvalue weighted by atomic mass is 32.2. The van der Waals surface area contributed by atoms with E-state index in [0.29, 0.717) is 17.0 Å². The minimum Gasteiger partial charge on any atom is -0.497 e. The molecule has 0 radical (unpaired) electrons. The normalized spacial score (nSPS) is 11.3. The molecule has 3 aromatic rings. The summed E-state index contributed by atoms with van der Waals surface area (Å²) in [5, 5.41) is 9.69. The van der Waals surface area contributed by atoms with Crippen LogP contribution in [0.3, 0.4) is 0 Å². The molecule has 8 nitrogen and oxygen atoms in total. The van der Waals surface area contributed by atoms with E-state index in [1.165, 1.54) is 16.8 Å². The summed E-state index contributed by atoms with van der Waals surface area (Å²) in [4.78, 5) is 11.9. The molecule has 0 saturated heterocycles. The van der Waals surface area contributed by atoms with Gasteiger partial charge in [0.1, 0.15) is 18.0 Å². The first-order valence-electron chi connectivity index (χ1n) is 8.82. The monoisotopic (exact) mass is 415 g/mol. The van der Waals surface area contributed by atoms with Gasteiger partial charge >= 0.3 is 5.97 Å². The molecule has 1 heterocycles. The van der Waals surface area contributed by atoms with Crippen molar-refractivity contribution < 1.29 is 22.7 Å². The Hall–Kier alpha value is -3.17. The fourth-order valence-electron chi connectivity index (χ4n) is 2.84. The Bertz CT molecular complexity index is 1100. The molecule has 0 atom stereocenters. The molecule has 0 bridgehead atoms. The number of aromatic nitrogens is 2. The molecular formula is C20H21N3O5S. The van der Waals surface area contributed by atoms with Gasteiger partial charge in [0, 0.05) is 17.3 Å². The minimum absolute atomic E-state index is 0.0122. The Kier molecular flexibility index (Phi) is 6.00. The lowest BCUT2D eigenvalue weighted by Gasteiger charge is -2.05. The van der Waals surface area contributed by atoms with Crippen LogP contribution in [0.2, 0.25) is 0 Å². The Labute approximate surface area is 168 Å². The molecule has 0 aliphatic rings. The van der Waals surface area contributed by atoms with Crippen LogP contribution in [0, 0.1) is 0 Å². The van der Waals surface area contributed by atoms with E-state index in [1.807, 2.05) is 24.3 Å². The van der Waals surface area contributed by atoms with E-state index in [0.717, 1.165) is 11.1 Å². The summed E-state index contributed by atoms with van der Waals surface area (Å²) >= 11 is 0. The number of hydrogen-bond donors (Lipinski definition) is 1. The van der Waals surface area contributed by atoms with Crippen molar-refractivity contribution in [3.8, 4) is 28.1 Å². The molecule has 0 aliphatic carbocycles. The first-order chi connectivity index (χ1) is 13.8. The highest BCUT2D eigenvalue weighted by molar-refractivity contribution is 7.89. The molecule has 0 spiro atoms. The van der Waals surface area contributed by atoms with Crippen molar-refractivity contribution in [2.24, 2.45) is 5.14 Å². The zero-order chi connectivity index (χ0) is 21.0. The number of sulfonamides is 1. The van der Waals surface area contributed by atoms with Gasteiger partial charge in [0.15, 0.2) is 0 Å². The van der Waals surface area contributed by atoms with E-state index >= 15 is 0 Å². The van der Waals surface area contributed by atoms with Crippen LogP contribution in [-0.4, -0.2) is 37.9 Å². The van der Waals surface area contributed by atoms with E-state index in [-0.39, 0.29) is 18.0 Å². The van der Waals surface area contributed by atoms with Crippen LogP contribution in [0.5, 0.6) is 5.75 Å². The molecule has 2 N–H and O–H groups in total. The maximum atomic E-state index is 11.9. The third-order valence-corrected chi connectivity index (χ3v) is 5.14. The smallest absolute Gasteiger partial charge is 0.327 e. The maximum Gasteiger partial charge on any atom is 0.327 e. The van der Waals surface area contributed by atoms with Gasteiger partial charge in [-0.1, -0.05) is 24.3 Å². The van der Waals surface area contributed by atoms with Crippen LogP contribution in [0.25, 0.3) is 22.4 Å². The zero-order valence-corrected chi connectivity index (χ0v) is 16.8. The topological polar surface area (TPSA) is 114 Å². The van der Waals surface area contributed by atoms with Gasteiger partial charge in [-0.2, -0.15) is 5.10 Å². The molecule has 0 unspecified atom stereocenters. The van der Waals surface area contributed by atoms with Crippen molar-refractivity contribution in [1.29, 1.82) is 0 Å². The number of carbonyl (C=O) groups excluding carboxylic acids is 1. The number of primary sulfonamides is 1. The number of esters is 1. The number of benzene rings is 2. The molecule has 29 heavy (non-hydrogen) atoms. The number of hydrogen-bond acceptors (Lipinski definition) is 6. The van der Waals surface area contributed by atoms with Crippen LogP contribution in [0.15, 0.2) is 59.6 Å². The van der Waals surface area contributed by atoms with Crippen LogP contribution in [0.1, 0.15) is 6.92 Å². The Morgan fingerprint density at radius 1 is 1.07 bits per heavy atom. The molecule has 3 rings (SSSR count). The lowest BCUT2D eigenvalue weighted by Crippen LogP contribution is -2.13. The van der Waals surface area contributed by atoms with Crippen molar-refractivity contribution >= 4 is 16.0 Å². The fraction of sp³-hybridized carbons (Fsp3) is 0.200. The Balaban J connectivity index is 2.05. The van der Waals surface area contributed by atoms with Gasteiger partial charge in [0.05, 0.1) is 18.6 Å². The Morgan fingerprint density at radius 3 is 2.24 bits per heavy atom. The molecule has 9 heteroatoms. The SMILES string of the molecule is CCOC(=O)Cn1cc(-c2ccc(OC)cc2)c(-c2ccc(S(N)(=O)=O)cc2)n1. The minimum atomic E-state index is -3.79. The van der Waals surface area contributed by atoms with E-state index in [4.69, 9.17) is 14.6 Å². The average Bonchev–Trinajstić information content (AvgIpc) is 3.11. The van der Waals surface area contributed by atoms with Crippen LogP contribution >= 0.6 is 0 Å². The third kappa shape index (κ3) is 4.82. The van der Waals surface area contributed by atoms with Crippen molar-refractivity contribution in [1.82, 2.24) is 9.78 Å². The number of nitrogens with two attached hydrogens (primary N) is 1. The third-order valence-electron chi connectivity index (χ3n) is 4.22. The standard InChI is InChI=1S/C20H21N3O5S/c1-3-28-19(24)13-23-12-18(14-4-8-16(27-2)9-5-14)20(22-23)15-6-10-17(11-7-15)29(21,25)26/h4-12H,3,13H2,1-2H3,(H2,21,25,26). The van der Waals surface area contributed by atoms with E-state index < -0.39 is 16.0 Å². The zero-order valence-electron chi connectivity index (χ0n) is 16.0. The summed E-state index contributed by atoms with van der Waals surface area (Å²) < 4.78 is 34.7. The first kappa shape index (κ1) is 20.6. The molecular weight excluding hydrogens is 394 g/mol. The van der Waals surface area contributed by atoms with Gasteiger partial charge in [-0.3, -0.25) is 9.48 Å². The quantitative estimate of drug-likeness (QED) is 0.593. The number of methoxy groups -OCH3 is 1. The fourth-order valence-corrected chi connectivity index (χ4v) is 3.35. The molecule has 0 amide bonds. The van der Waals surface area contributed by atoms with E-state index in [1.54, 1.807) is 32.4 Å². The lowest BCUT2D eigenvalue weighted by atomic mass is 10.0. The van der Waals surface area contributed by atoms with Gasteiger partial charge in [-0.15, -0.1) is 0 Å². The summed E-state index contributed by atoms with van der Waals surface area (Å²) in [7, 11) is -2.20. The van der Waals surface area contributed by atoms with Crippen LogP contribution < -0.4 is 9.88 Å². The van der Waals surface area contributed by atoms with Crippen molar-refractivity contribution in [3.63, 3.8) is 0 Å². The van der Waals surface area contributed by atoms with E-state index in [9.17, 15) is 13.2 Å². The second kappa shape index (κ2) is 8.46. The lowest BCUT2D eigenvalue weighted by molar-refractivity contribution is -0.144. The number of rotatable bonds is 7.